The first kappa shape index (κ1) is 13.2. The molecule has 0 radical (unpaired) electrons. The summed E-state index contributed by atoms with van der Waals surface area (Å²) < 4.78 is 0. The van der Waals surface area contributed by atoms with Crippen molar-refractivity contribution in [3.05, 3.63) is 60.7 Å². The Bertz CT molecular complexity index is 645. The second-order valence-electron chi connectivity index (χ2n) is 4.41. The zero-order valence-corrected chi connectivity index (χ0v) is 13.3. The van der Waals surface area contributed by atoms with E-state index in [1.165, 1.54) is 9.79 Å². The molecule has 0 saturated carbocycles. The van der Waals surface area contributed by atoms with E-state index in [2.05, 4.69) is 24.3 Å². The highest BCUT2D eigenvalue weighted by Gasteiger charge is 2.08. The van der Waals surface area contributed by atoms with Gasteiger partial charge in [0.05, 0.1) is 0 Å². The molecule has 21 heavy (non-hydrogen) atoms. The van der Waals surface area contributed by atoms with Crippen LogP contribution >= 0.6 is 35.3 Å². The highest BCUT2D eigenvalue weighted by molar-refractivity contribution is 8.00. The van der Waals surface area contributed by atoms with Crippen LogP contribution in [0.2, 0.25) is 0 Å². The molecule has 4 rings (SSSR count). The van der Waals surface area contributed by atoms with Gasteiger partial charge in [-0.15, -0.1) is 0 Å². The fraction of sp³-hybridized carbons (Fsp3) is 0. The average molecular weight is 326 g/mol. The van der Waals surface area contributed by atoms with Crippen LogP contribution in [0.5, 0.6) is 0 Å². The van der Waals surface area contributed by atoms with E-state index in [0.29, 0.717) is 0 Å². The zero-order valence-electron chi connectivity index (χ0n) is 10.9. The van der Waals surface area contributed by atoms with Gasteiger partial charge in [-0.05, 0) is 42.5 Å². The lowest BCUT2D eigenvalue weighted by Gasteiger charge is -2.09. The van der Waals surface area contributed by atoms with Crippen LogP contribution in [-0.2, 0) is 0 Å². The lowest BCUT2D eigenvalue weighted by Crippen LogP contribution is -1.88. The molecule has 0 saturated heterocycles. The summed E-state index contributed by atoms with van der Waals surface area (Å²) in [7, 11) is 0. The van der Waals surface area contributed by atoms with Gasteiger partial charge in [0.2, 0.25) is 0 Å². The van der Waals surface area contributed by atoms with E-state index < -0.39 is 0 Å². The standard InChI is InChI=1S/C16H10N2S3/c1-4-11-10-12(5-1)20-14-7-3-9-16(18-14)21-15-8-2-6-13(17-15)19-11/h1-10H. The SMILES string of the molecule is c1cc2cc(c1)Sc1cccc(n1)Sc1cccc(n1)S2. The Morgan fingerprint density at radius 2 is 0.952 bits per heavy atom. The van der Waals surface area contributed by atoms with Crippen molar-refractivity contribution in [2.45, 2.75) is 29.9 Å². The van der Waals surface area contributed by atoms with Crippen LogP contribution in [0.25, 0.3) is 0 Å². The van der Waals surface area contributed by atoms with Gasteiger partial charge in [-0.1, -0.05) is 53.5 Å². The number of hydrogen-bond donors (Lipinski definition) is 0. The molecule has 0 fully saturated rings. The molecule has 3 heterocycles. The van der Waals surface area contributed by atoms with Gasteiger partial charge in [-0.2, -0.15) is 0 Å². The Kier molecular flexibility index (Phi) is 3.63. The second-order valence-corrected chi connectivity index (χ2v) is 7.64. The molecule has 5 heteroatoms. The van der Waals surface area contributed by atoms with E-state index in [9.17, 15) is 0 Å². The molecular formula is C16H10N2S3. The fourth-order valence-electron chi connectivity index (χ4n) is 1.97. The van der Waals surface area contributed by atoms with Crippen molar-refractivity contribution in [1.29, 1.82) is 0 Å². The van der Waals surface area contributed by atoms with Crippen molar-refractivity contribution in [3.8, 4) is 0 Å². The van der Waals surface area contributed by atoms with Crippen LogP contribution in [0, 0.1) is 0 Å². The van der Waals surface area contributed by atoms with Crippen LogP contribution in [-0.4, -0.2) is 9.97 Å². The van der Waals surface area contributed by atoms with E-state index in [0.717, 1.165) is 20.1 Å². The first-order chi connectivity index (χ1) is 10.3. The molecule has 0 spiro atoms. The van der Waals surface area contributed by atoms with Crippen LogP contribution in [0.1, 0.15) is 0 Å². The van der Waals surface area contributed by atoms with Crippen molar-refractivity contribution in [2.75, 3.05) is 0 Å². The molecule has 2 nitrogen and oxygen atoms in total. The number of nitrogens with zero attached hydrogens (tertiary/aromatic N) is 2. The first-order valence-electron chi connectivity index (χ1n) is 6.43. The molecule has 0 aliphatic carbocycles. The van der Waals surface area contributed by atoms with Crippen molar-refractivity contribution in [2.24, 2.45) is 0 Å². The number of benzene rings is 1. The van der Waals surface area contributed by atoms with Crippen LogP contribution in [0.15, 0.2) is 90.6 Å². The predicted molar refractivity (Wildman–Crippen MR) is 87.3 cm³/mol. The van der Waals surface area contributed by atoms with E-state index >= 15 is 0 Å². The zero-order chi connectivity index (χ0) is 14.1. The van der Waals surface area contributed by atoms with Crippen LogP contribution < -0.4 is 0 Å². The van der Waals surface area contributed by atoms with Gasteiger partial charge >= 0.3 is 0 Å². The maximum Gasteiger partial charge on any atom is 0.104 e. The van der Waals surface area contributed by atoms with Gasteiger partial charge in [-0.3, -0.25) is 0 Å². The molecule has 3 aromatic rings. The summed E-state index contributed by atoms with van der Waals surface area (Å²) in [4.78, 5) is 11.8. The number of hydrogen-bond acceptors (Lipinski definition) is 5. The second kappa shape index (κ2) is 5.75. The smallest absolute Gasteiger partial charge is 0.104 e. The Labute approximate surface area is 135 Å². The van der Waals surface area contributed by atoms with Gasteiger partial charge in [-0.25, -0.2) is 9.97 Å². The lowest BCUT2D eigenvalue weighted by atomic mass is 10.4. The average Bonchev–Trinajstić information content (AvgIpc) is 2.47. The highest BCUT2D eigenvalue weighted by atomic mass is 32.2. The minimum Gasteiger partial charge on any atom is -0.234 e. The predicted octanol–water partition coefficient (Wildman–Crippen LogP) is 5.24. The number of fused-ring (bicyclic) bond motifs is 6. The molecule has 0 N–H and O–H groups in total. The number of rotatable bonds is 0. The minimum atomic E-state index is 0.978. The Morgan fingerprint density at radius 1 is 0.524 bits per heavy atom. The quantitative estimate of drug-likeness (QED) is 0.440. The molecule has 2 aromatic heterocycles. The summed E-state index contributed by atoms with van der Waals surface area (Å²) in [6.07, 6.45) is 0. The van der Waals surface area contributed by atoms with Gasteiger partial charge in [0, 0.05) is 9.79 Å². The summed E-state index contributed by atoms with van der Waals surface area (Å²) in [5.41, 5.74) is 0. The van der Waals surface area contributed by atoms with Crippen molar-refractivity contribution in [1.82, 2.24) is 9.97 Å². The maximum atomic E-state index is 4.69. The van der Waals surface area contributed by atoms with Crippen molar-refractivity contribution in [3.63, 3.8) is 0 Å². The van der Waals surface area contributed by atoms with Gasteiger partial charge in [0.15, 0.2) is 0 Å². The van der Waals surface area contributed by atoms with Crippen LogP contribution in [0.3, 0.4) is 0 Å². The monoisotopic (exact) mass is 326 g/mol. The molecular weight excluding hydrogens is 316 g/mol. The summed E-state index contributed by atoms with van der Waals surface area (Å²) in [6.45, 7) is 0. The van der Waals surface area contributed by atoms with E-state index in [1.54, 1.807) is 35.3 Å². The number of aromatic nitrogens is 2. The van der Waals surface area contributed by atoms with E-state index in [1.807, 2.05) is 36.4 Å². The highest BCUT2D eigenvalue weighted by Crippen LogP contribution is 2.35. The maximum absolute atomic E-state index is 4.69. The topological polar surface area (TPSA) is 25.8 Å². The summed E-state index contributed by atoms with van der Waals surface area (Å²) in [6, 6.07) is 20.7. The Morgan fingerprint density at radius 3 is 1.48 bits per heavy atom. The third-order valence-corrected chi connectivity index (χ3v) is 5.58. The molecule has 1 aliphatic heterocycles. The third-order valence-electron chi connectivity index (χ3n) is 2.86. The normalized spacial score (nSPS) is 13.1. The van der Waals surface area contributed by atoms with Crippen LogP contribution in [0.4, 0.5) is 0 Å². The minimum absolute atomic E-state index is 0.978. The summed E-state index contributed by atoms with van der Waals surface area (Å²) >= 11 is 4.99. The molecule has 0 unspecified atom stereocenters. The molecule has 0 atom stereocenters. The largest absolute Gasteiger partial charge is 0.234 e. The first-order valence-corrected chi connectivity index (χ1v) is 8.88. The van der Waals surface area contributed by atoms with Crippen molar-refractivity contribution < 1.29 is 0 Å². The number of pyridine rings is 2. The van der Waals surface area contributed by atoms with E-state index in [-0.39, 0.29) is 0 Å². The summed E-state index contributed by atoms with van der Waals surface area (Å²) in [5, 5.41) is 3.98. The third kappa shape index (κ3) is 3.10. The van der Waals surface area contributed by atoms with E-state index in [4.69, 9.17) is 9.97 Å². The van der Waals surface area contributed by atoms with Gasteiger partial charge in [0.25, 0.3) is 0 Å². The van der Waals surface area contributed by atoms with Gasteiger partial charge < -0.3 is 0 Å². The molecule has 102 valence electrons. The molecule has 6 bridgehead atoms. The van der Waals surface area contributed by atoms with Crippen molar-refractivity contribution >= 4 is 35.3 Å². The molecule has 0 amide bonds. The fourth-order valence-corrected chi connectivity index (χ4v) is 4.68. The van der Waals surface area contributed by atoms with Gasteiger partial charge in [0.1, 0.15) is 20.1 Å². The lowest BCUT2D eigenvalue weighted by molar-refractivity contribution is 0.974. The Balaban J connectivity index is 1.87. The Hall–Kier alpha value is -1.43. The summed E-state index contributed by atoms with van der Waals surface area (Å²) in [5.74, 6) is 0. The molecule has 1 aromatic carbocycles. The molecule has 1 aliphatic rings.